The van der Waals surface area contributed by atoms with Gasteiger partial charge in [-0.05, 0) is 50.2 Å². The van der Waals surface area contributed by atoms with Crippen molar-refractivity contribution in [2.24, 2.45) is 0 Å². The zero-order valence-electron chi connectivity index (χ0n) is 14.7. The molecule has 1 amide bonds. The molecule has 1 fully saturated rings. The third kappa shape index (κ3) is 3.28. The van der Waals surface area contributed by atoms with Crippen LogP contribution in [0.2, 0.25) is 0 Å². The van der Waals surface area contributed by atoms with Crippen molar-refractivity contribution in [3.05, 3.63) is 53.4 Å². The van der Waals surface area contributed by atoms with Crippen LogP contribution in [0.1, 0.15) is 78.4 Å². The number of pyridine rings is 1. The van der Waals surface area contributed by atoms with E-state index in [9.17, 15) is 4.79 Å². The van der Waals surface area contributed by atoms with Gasteiger partial charge in [0.15, 0.2) is 0 Å². The lowest BCUT2D eigenvalue weighted by molar-refractivity contribution is 0.0651. The summed E-state index contributed by atoms with van der Waals surface area (Å²) in [6.07, 6.45) is 11.6. The zero-order valence-corrected chi connectivity index (χ0v) is 14.7. The van der Waals surface area contributed by atoms with Crippen LogP contribution in [-0.4, -0.2) is 32.3 Å². The molecule has 2 aromatic heterocycles. The molecule has 0 saturated heterocycles. The summed E-state index contributed by atoms with van der Waals surface area (Å²) in [7, 11) is 0. The fraction of sp³-hybridized carbons (Fsp3) is 0.500. The van der Waals surface area contributed by atoms with Crippen LogP contribution >= 0.6 is 0 Å². The molecular formula is C20H24N4O. The SMILES string of the molecule is CCCN(C(=O)c1cnc(C2CC2)nc1)C1CCCc2cccnc21. The predicted octanol–water partition coefficient (Wildman–Crippen LogP) is 3.68. The lowest BCUT2D eigenvalue weighted by Crippen LogP contribution is -2.38. The van der Waals surface area contributed by atoms with Gasteiger partial charge >= 0.3 is 0 Å². The summed E-state index contributed by atoms with van der Waals surface area (Å²) in [5, 5.41) is 0. The Bertz CT molecular complexity index is 755. The molecule has 2 aromatic rings. The number of hydrogen-bond donors (Lipinski definition) is 0. The first-order valence-corrected chi connectivity index (χ1v) is 9.34. The summed E-state index contributed by atoms with van der Waals surface area (Å²) in [6, 6.07) is 4.18. The molecule has 0 bridgehead atoms. The maximum Gasteiger partial charge on any atom is 0.257 e. The minimum Gasteiger partial charge on any atom is -0.330 e. The monoisotopic (exact) mass is 336 g/mol. The van der Waals surface area contributed by atoms with E-state index in [1.54, 1.807) is 12.4 Å². The molecule has 1 atom stereocenters. The first-order chi connectivity index (χ1) is 12.3. The lowest BCUT2D eigenvalue weighted by atomic mass is 9.90. The van der Waals surface area contributed by atoms with Crippen molar-refractivity contribution < 1.29 is 4.79 Å². The van der Waals surface area contributed by atoms with Crippen molar-refractivity contribution >= 4 is 5.91 Å². The van der Waals surface area contributed by atoms with E-state index in [2.05, 4.69) is 27.9 Å². The van der Waals surface area contributed by atoms with E-state index >= 15 is 0 Å². The molecule has 25 heavy (non-hydrogen) atoms. The molecule has 5 heteroatoms. The van der Waals surface area contributed by atoms with Gasteiger partial charge in [-0.2, -0.15) is 0 Å². The molecule has 0 aromatic carbocycles. The van der Waals surface area contributed by atoms with Crippen LogP contribution < -0.4 is 0 Å². The Labute approximate surface area is 148 Å². The molecule has 0 N–H and O–H groups in total. The van der Waals surface area contributed by atoms with Crippen molar-refractivity contribution in [2.45, 2.75) is 57.4 Å². The summed E-state index contributed by atoms with van der Waals surface area (Å²) in [5.41, 5.74) is 2.92. The van der Waals surface area contributed by atoms with Crippen LogP contribution in [0.5, 0.6) is 0 Å². The number of rotatable bonds is 5. The Morgan fingerprint density at radius 2 is 2.00 bits per heavy atom. The van der Waals surface area contributed by atoms with Crippen molar-refractivity contribution in [3.8, 4) is 0 Å². The molecule has 4 rings (SSSR count). The minimum atomic E-state index is 0.0210. The van der Waals surface area contributed by atoms with Crippen LogP contribution in [0.3, 0.4) is 0 Å². The summed E-state index contributed by atoms with van der Waals surface area (Å²) < 4.78 is 0. The number of amides is 1. The van der Waals surface area contributed by atoms with Crippen LogP contribution in [0.4, 0.5) is 0 Å². The molecule has 5 nitrogen and oxygen atoms in total. The summed E-state index contributed by atoms with van der Waals surface area (Å²) in [4.78, 5) is 28.6. The average molecular weight is 336 g/mol. The van der Waals surface area contributed by atoms with Crippen molar-refractivity contribution in [3.63, 3.8) is 0 Å². The van der Waals surface area contributed by atoms with Crippen LogP contribution in [0, 0.1) is 0 Å². The highest BCUT2D eigenvalue weighted by molar-refractivity contribution is 5.94. The second kappa shape index (κ2) is 6.90. The van der Waals surface area contributed by atoms with Gasteiger partial charge in [-0.25, -0.2) is 9.97 Å². The Hall–Kier alpha value is -2.30. The van der Waals surface area contributed by atoms with Gasteiger partial charge in [-0.1, -0.05) is 13.0 Å². The van der Waals surface area contributed by atoms with Crippen LogP contribution in [0.15, 0.2) is 30.7 Å². The quantitative estimate of drug-likeness (QED) is 0.836. The predicted molar refractivity (Wildman–Crippen MR) is 95.3 cm³/mol. The number of hydrogen-bond acceptors (Lipinski definition) is 4. The molecule has 0 radical (unpaired) electrons. The van der Waals surface area contributed by atoms with Gasteiger partial charge in [0.2, 0.25) is 0 Å². The summed E-state index contributed by atoms with van der Waals surface area (Å²) >= 11 is 0. The topological polar surface area (TPSA) is 59.0 Å². The fourth-order valence-electron chi connectivity index (χ4n) is 3.69. The Kier molecular flexibility index (Phi) is 4.47. The summed E-state index contributed by atoms with van der Waals surface area (Å²) in [6.45, 7) is 2.83. The lowest BCUT2D eigenvalue weighted by Gasteiger charge is -2.35. The first-order valence-electron chi connectivity index (χ1n) is 9.34. The molecular weight excluding hydrogens is 312 g/mol. The Morgan fingerprint density at radius 3 is 2.72 bits per heavy atom. The molecule has 0 aliphatic heterocycles. The molecule has 130 valence electrons. The standard InChI is InChI=1S/C20H24N4O/c1-2-11-24(17-7-3-5-14-6-4-10-21-18(14)17)20(25)16-12-22-19(23-13-16)15-8-9-15/h4,6,10,12-13,15,17H,2-3,5,7-9,11H2,1H3. The van der Waals surface area contributed by atoms with E-state index in [0.717, 1.165) is 43.7 Å². The number of aromatic nitrogens is 3. The van der Waals surface area contributed by atoms with Crippen LogP contribution in [-0.2, 0) is 6.42 Å². The molecule has 2 aliphatic rings. The molecule has 2 heterocycles. The van der Waals surface area contributed by atoms with E-state index in [4.69, 9.17) is 0 Å². The van der Waals surface area contributed by atoms with E-state index in [-0.39, 0.29) is 11.9 Å². The Balaban J connectivity index is 1.61. The van der Waals surface area contributed by atoms with Gasteiger partial charge in [0, 0.05) is 31.1 Å². The highest BCUT2D eigenvalue weighted by Crippen LogP contribution is 2.38. The van der Waals surface area contributed by atoms with Gasteiger partial charge in [0.05, 0.1) is 17.3 Å². The van der Waals surface area contributed by atoms with Gasteiger partial charge in [-0.15, -0.1) is 0 Å². The number of fused-ring (bicyclic) bond motifs is 1. The van der Waals surface area contributed by atoms with Gasteiger partial charge in [0.1, 0.15) is 5.82 Å². The maximum atomic E-state index is 13.2. The average Bonchev–Trinajstić information content (AvgIpc) is 3.51. The second-order valence-electron chi connectivity index (χ2n) is 7.06. The number of nitrogens with zero attached hydrogens (tertiary/aromatic N) is 4. The van der Waals surface area contributed by atoms with E-state index in [1.807, 2.05) is 17.2 Å². The largest absolute Gasteiger partial charge is 0.330 e. The molecule has 1 saturated carbocycles. The van der Waals surface area contributed by atoms with E-state index in [0.29, 0.717) is 11.5 Å². The van der Waals surface area contributed by atoms with E-state index < -0.39 is 0 Å². The molecule has 1 unspecified atom stereocenters. The minimum absolute atomic E-state index is 0.0210. The van der Waals surface area contributed by atoms with Gasteiger partial charge in [0.25, 0.3) is 5.91 Å². The number of aryl methyl sites for hydroxylation is 1. The van der Waals surface area contributed by atoms with Gasteiger partial charge < -0.3 is 4.90 Å². The fourth-order valence-corrected chi connectivity index (χ4v) is 3.69. The molecule has 0 spiro atoms. The highest BCUT2D eigenvalue weighted by atomic mass is 16.2. The number of carbonyl (C=O) groups is 1. The third-order valence-electron chi connectivity index (χ3n) is 5.13. The third-order valence-corrected chi connectivity index (χ3v) is 5.13. The van der Waals surface area contributed by atoms with E-state index in [1.165, 1.54) is 18.4 Å². The van der Waals surface area contributed by atoms with Gasteiger partial charge in [-0.3, -0.25) is 9.78 Å². The second-order valence-corrected chi connectivity index (χ2v) is 7.06. The van der Waals surface area contributed by atoms with Crippen molar-refractivity contribution in [2.75, 3.05) is 6.54 Å². The highest BCUT2D eigenvalue weighted by Gasteiger charge is 2.31. The van der Waals surface area contributed by atoms with Crippen LogP contribution in [0.25, 0.3) is 0 Å². The number of carbonyl (C=O) groups excluding carboxylic acids is 1. The van der Waals surface area contributed by atoms with Crippen molar-refractivity contribution in [1.82, 2.24) is 19.9 Å². The zero-order chi connectivity index (χ0) is 17.2. The first kappa shape index (κ1) is 16.2. The van der Waals surface area contributed by atoms with Crippen molar-refractivity contribution in [1.29, 1.82) is 0 Å². The normalized spacial score (nSPS) is 19.3. The maximum absolute atomic E-state index is 13.2. The Morgan fingerprint density at radius 1 is 1.20 bits per heavy atom. The molecule has 2 aliphatic carbocycles. The smallest absolute Gasteiger partial charge is 0.257 e. The summed E-state index contributed by atoms with van der Waals surface area (Å²) in [5.74, 6) is 1.40.